The summed E-state index contributed by atoms with van der Waals surface area (Å²) in [5, 5.41) is 19.8. The molecule has 6 N–H and O–H groups in total. The second-order valence-electron chi connectivity index (χ2n) is 4.72. The van der Waals surface area contributed by atoms with Crippen molar-refractivity contribution in [3.05, 3.63) is 22.7 Å². The molecule has 10 nitrogen and oxygen atoms in total. The average Bonchev–Trinajstić information content (AvgIpc) is 2.64. The largest absolute Gasteiger partial charge is 0.403 e. The van der Waals surface area contributed by atoms with Crippen LogP contribution < -0.4 is 11.4 Å². The summed E-state index contributed by atoms with van der Waals surface area (Å²) in [4.78, 5) is 33.5. The van der Waals surface area contributed by atoms with Gasteiger partial charge < -0.3 is 20.7 Å². The van der Waals surface area contributed by atoms with Crippen LogP contribution in [-0.2, 0) is 9.26 Å². The molecule has 0 saturated carbocycles. The average molecular weight is 322 g/mol. The van der Waals surface area contributed by atoms with Crippen molar-refractivity contribution >= 4 is 13.8 Å². The highest BCUT2D eigenvalue weighted by atomic mass is 31.2. The lowest BCUT2D eigenvalue weighted by atomic mass is 10.1. The van der Waals surface area contributed by atoms with E-state index in [1.165, 1.54) is 12.3 Å². The highest BCUT2D eigenvalue weighted by molar-refractivity contribution is 7.58. The van der Waals surface area contributed by atoms with Crippen molar-refractivity contribution < 1.29 is 29.3 Å². The summed E-state index contributed by atoms with van der Waals surface area (Å²) in [6.07, 6.45) is -3.66. The van der Waals surface area contributed by atoms with Crippen molar-refractivity contribution in [3.8, 4) is 0 Å². The van der Waals surface area contributed by atoms with E-state index in [0.29, 0.717) is 0 Å². The Morgan fingerprint density at radius 1 is 1.48 bits per heavy atom. The van der Waals surface area contributed by atoms with Gasteiger partial charge in [0.05, 0.1) is 0 Å². The number of aliphatic hydroxyl groups excluding tert-OH is 2. The summed E-state index contributed by atoms with van der Waals surface area (Å²) in [5.74, 6) is 0.0188. The van der Waals surface area contributed by atoms with Gasteiger partial charge in [-0.2, -0.15) is 19.3 Å². The SMILES string of the molecule is C[P+](O)(O)OCC1O[C@H](n2ccc(N)nc2=O)[C@H](O)[C@@H]1O. The molecule has 2 heterocycles. The molecule has 1 fully saturated rings. The van der Waals surface area contributed by atoms with Crippen molar-refractivity contribution in [1.29, 1.82) is 0 Å². The Morgan fingerprint density at radius 3 is 2.71 bits per heavy atom. The zero-order valence-corrected chi connectivity index (χ0v) is 12.0. The van der Waals surface area contributed by atoms with E-state index in [0.717, 1.165) is 11.2 Å². The number of ether oxygens (including phenoxy) is 1. The van der Waals surface area contributed by atoms with E-state index in [-0.39, 0.29) is 12.4 Å². The van der Waals surface area contributed by atoms with Crippen LogP contribution in [0.15, 0.2) is 17.1 Å². The fraction of sp³-hybridized carbons (Fsp3) is 0.600. The maximum absolute atomic E-state index is 11.7. The molecule has 0 aliphatic carbocycles. The van der Waals surface area contributed by atoms with E-state index < -0.39 is 38.2 Å². The van der Waals surface area contributed by atoms with Crippen molar-refractivity contribution in [2.24, 2.45) is 0 Å². The minimum atomic E-state index is -3.49. The molecule has 0 radical (unpaired) electrons. The van der Waals surface area contributed by atoms with E-state index in [2.05, 4.69) is 4.98 Å². The van der Waals surface area contributed by atoms with Crippen molar-refractivity contribution in [2.45, 2.75) is 24.5 Å². The molecule has 1 aliphatic rings. The van der Waals surface area contributed by atoms with Crippen LogP contribution in [0.3, 0.4) is 0 Å². The smallest absolute Gasteiger partial charge is 0.387 e. The number of anilines is 1. The van der Waals surface area contributed by atoms with Gasteiger partial charge in [0.2, 0.25) is 0 Å². The molecular weight excluding hydrogens is 305 g/mol. The first kappa shape index (κ1) is 16.2. The molecule has 1 aromatic heterocycles. The number of hydrogen-bond acceptors (Lipinski definition) is 9. The zero-order valence-electron chi connectivity index (χ0n) is 11.1. The third kappa shape index (κ3) is 3.74. The number of aromatic nitrogens is 2. The Labute approximate surface area is 120 Å². The topological polar surface area (TPSA) is 160 Å². The molecule has 0 spiro atoms. The van der Waals surface area contributed by atoms with Crippen LogP contribution in [0.4, 0.5) is 5.82 Å². The predicted octanol–water partition coefficient (Wildman–Crippen LogP) is -2.16. The number of nitrogens with zero attached hydrogens (tertiary/aromatic N) is 2. The first-order valence-electron chi connectivity index (χ1n) is 6.02. The van der Waals surface area contributed by atoms with Crippen LogP contribution in [0, 0.1) is 0 Å². The summed E-state index contributed by atoms with van der Waals surface area (Å²) in [5.41, 5.74) is 4.62. The predicted molar refractivity (Wildman–Crippen MR) is 72.1 cm³/mol. The van der Waals surface area contributed by atoms with Crippen LogP contribution >= 0.6 is 7.94 Å². The third-order valence-electron chi connectivity index (χ3n) is 2.95. The number of nitrogen functional groups attached to an aromatic ring is 1. The molecule has 1 aromatic rings. The maximum atomic E-state index is 11.7. The molecule has 0 aromatic carbocycles. The Bertz CT molecular complexity index is 560. The standard InChI is InChI=1S/C10H16N3O7P/c1-21(17,18)19-4-5-7(14)8(15)9(20-5)13-3-2-6(11)12-10(13)16/h2-3,5,7-9,14-15,17-18H,4H2,1H3,(H-,11,12,16)/p+1/t5?,7-,8-,9+/m1/s1. The van der Waals surface area contributed by atoms with Gasteiger partial charge in [0.1, 0.15) is 37.4 Å². The van der Waals surface area contributed by atoms with Crippen molar-refractivity contribution in [1.82, 2.24) is 9.55 Å². The fourth-order valence-corrected chi connectivity index (χ4v) is 2.36. The molecule has 21 heavy (non-hydrogen) atoms. The minimum Gasteiger partial charge on any atom is -0.387 e. The van der Waals surface area contributed by atoms with Gasteiger partial charge in [-0.3, -0.25) is 4.57 Å². The zero-order chi connectivity index (χ0) is 15.8. The Hall–Kier alpha value is -1.13. The monoisotopic (exact) mass is 322 g/mol. The number of aliphatic hydroxyl groups is 2. The van der Waals surface area contributed by atoms with Gasteiger partial charge in [-0.25, -0.2) is 4.79 Å². The van der Waals surface area contributed by atoms with Gasteiger partial charge in [0.15, 0.2) is 6.23 Å². The lowest BCUT2D eigenvalue weighted by Gasteiger charge is -2.16. The summed E-state index contributed by atoms with van der Waals surface area (Å²) in [6.45, 7) is 0.750. The van der Waals surface area contributed by atoms with Gasteiger partial charge in [-0.1, -0.05) is 0 Å². The number of rotatable bonds is 4. The molecule has 1 aliphatic heterocycles. The van der Waals surface area contributed by atoms with Crippen LogP contribution in [-0.4, -0.2) is 61.1 Å². The molecule has 2 rings (SSSR count). The molecular formula is C10H17N3O7P+. The van der Waals surface area contributed by atoms with Crippen molar-refractivity contribution in [2.75, 3.05) is 19.0 Å². The first-order valence-corrected chi connectivity index (χ1v) is 8.08. The first-order chi connectivity index (χ1) is 9.69. The second kappa shape index (κ2) is 5.93. The second-order valence-corrected chi connectivity index (χ2v) is 6.65. The van der Waals surface area contributed by atoms with E-state index >= 15 is 0 Å². The third-order valence-corrected chi connectivity index (χ3v) is 3.58. The Balaban J connectivity index is 2.14. The normalized spacial score (nSPS) is 29.8. The molecule has 1 unspecified atom stereocenters. The fourth-order valence-electron chi connectivity index (χ4n) is 1.93. The summed E-state index contributed by atoms with van der Waals surface area (Å²) in [6, 6.07) is 1.34. The minimum absolute atomic E-state index is 0.0188. The van der Waals surface area contributed by atoms with Crippen LogP contribution in [0.1, 0.15) is 6.23 Å². The van der Waals surface area contributed by atoms with Gasteiger partial charge in [-0.15, -0.1) is 0 Å². The summed E-state index contributed by atoms with van der Waals surface area (Å²) < 4.78 is 11.1. The molecule has 0 amide bonds. The van der Waals surface area contributed by atoms with E-state index in [4.69, 9.17) is 24.8 Å². The van der Waals surface area contributed by atoms with Crippen LogP contribution in [0.2, 0.25) is 0 Å². The van der Waals surface area contributed by atoms with Crippen LogP contribution in [0.5, 0.6) is 0 Å². The highest BCUT2D eigenvalue weighted by Crippen LogP contribution is 2.47. The van der Waals surface area contributed by atoms with Gasteiger partial charge in [0, 0.05) is 6.20 Å². The lowest BCUT2D eigenvalue weighted by Crippen LogP contribution is -2.36. The molecule has 0 bridgehead atoms. The number of hydrogen-bond donors (Lipinski definition) is 5. The van der Waals surface area contributed by atoms with Gasteiger partial charge >= 0.3 is 13.6 Å². The van der Waals surface area contributed by atoms with E-state index in [9.17, 15) is 15.0 Å². The van der Waals surface area contributed by atoms with E-state index in [1.54, 1.807) is 0 Å². The molecule has 118 valence electrons. The van der Waals surface area contributed by atoms with Gasteiger partial charge in [0.25, 0.3) is 0 Å². The van der Waals surface area contributed by atoms with Crippen molar-refractivity contribution in [3.63, 3.8) is 0 Å². The Kier molecular flexibility index (Phi) is 4.59. The number of nitrogens with two attached hydrogens (primary N) is 1. The quantitative estimate of drug-likeness (QED) is 0.389. The highest BCUT2D eigenvalue weighted by Gasteiger charge is 2.46. The maximum Gasteiger partial charge on any atom is 0.403 e. The lowest BCUT2D eigenvalue weighted by molar-refractivity contribution is -0.0533. The summed E-state index contributed by atoms with van der Waals surface area (Å²) >= 11 is 0. The molecule has 1 saturated heterocycles. The summed E-state index contributed by atoms with van der Waals surface area (Å²) in [7, 11) is -3.49. The molecule has 11 heteroatoms. The van der Waals surface area contributed by atoms with Gasteiger partial charge in [-0.05, 0) is 6.07 Å². The Morgan fingerprint density at radius 2 is 2.14 bits per heavy atom. The molecule has 4 atom stereocenters. The van der Waals surface area contributed by atoms with E-state index in [1.807, 2.05) is 0 Å². The van der Waals surface area contributed by atoms with Crippen LogP contribution in [0.25, 0.3) is 0 Å².